The quantitative estimate of drug-likeness (QED) is 0.821. The van der Waals surface area contributed by atoms with Crippen molar-refractivity contribution in [3.05, 3.63) is 11.7 Å². The minimum Gasteiger partial charge on any atom is -0.387 e. The third kappa shape index (κ3) is 3.23. The Bertz CT molecular complexity index is 304. The smallest absolute Gasteiger partial charge is 0.264 e. The van der Waals surface area contributed by atoms with Crippen LogP contribution in [0.2, 0.25) is 0 Å². The van der Waals surface area contributed by atoms with Crippen LogP contribution in [-0.4, -0.2) is 27.8 Å². The van der Waals surface area contributed by atoms with E-state index in [1.807, 2.05) is 13.8 Å². The molecule has 1 aromatic rings. The average Bonchev–Trinajstić information content (AvgIpc) is 2.65. The standard InChI is InChI=1S/C9H14F2N2O2/c1-3-5(2)9-12-7(15-13-9)4-6(14)8(10)11/h5-6,8,14H,3-4H2,1-2H3. The molecule has 15 heavy (non-hydrogen) atoms. The first kappa shape index (κ1) is 12.0. The van der Waals surface area contributed by atoms with Crippen LogP contribution in [0.3, 0.4) is 0 Å². The van der Waals surface area contributed by atoms with Gasteiger partial charge < -0.3 is 9.63 Å². The second-order valence-electron chi connectivity index (χ2n) is 3.46. The first-order valence-corrected chi connectivity index (χ1v) is 4.83. The van der Waals surface area contributed by atoms with E-state index >= 15 is 0 Å². The Labute approximate surface area is 86.3 Å². The largest absolute Gasteiger partial charge is 0.387 e. The molecule has 1 N–H and O–H groups in total. The molecule has 0 aromatic carbocycles. The fourth-order valence-electron chi connectivity index (χ4n) is 1.00. The Morgan fingerprint density at radius 1 is 1.47 bits per heavy atom. The number of aliphatic hydroxyl groups is 1. The predicted octanol–water partition coefficient (Wildman–Crippen LogP) is 1.75. The summed E-state index contributed by atoms with van der Waals surface area (Å²) in [6.45, 7) is 3.88. The topological polar surface area (TPSA) is 59.2 Å². The van der Waals surface area contributed by atoms with Crippen molar-refractivity contribution in [2.45, 2.75) is 45.1 Å². The van der Waals surface area contributed by atoms with Gasteiger partial charge in [-0.3, -0.25) is 0 Å². The van der Waals surface area contributed by atoms with Gasteiger partial charge in [-0.05, 0) is 6.42 Å². The summed E-state index contributed by atoms with van der Waals surface area (Å²) in [6, 6.07) is 0. The monoisotopic (exact) mass is 220 g/mol. The summed E-state index contributed by atoms with van der Waals surface area (Å²) in [6.07, 6.45) is -3.99. The zero-order valence-corrected chi connectivity index (χ0v) is 8.65. The highest BCUT2D eigenvalue weighted by molar-refractivity contribution is 4.94. The molecule has 1 aromatic heterocycles. The second kappa shape index (κ2) is 5.16. The van der Waals surface area contributed by atoms with E-state index in [9.17, 15) is 8.78 Å². The molecule has 0 saturated heterocycles. The van der Waals surface area contributed by atoms with Crippen LogP contribution in [0.4, 0.5) is 8.78 Å². The molecule has 0 radical (unpaired) electrons. The number of alkyl halides is 2. The normalized spacial score (nSPS) is 15.6. The Hall–Kier alpha value is -1.04. The molecule has 0 aliphatic heterocycles. The van der Waals surface area contributed by atoms with Gasteiger partial charge in [0.05, 0.1) is 6.42 Å². The molecule has 86 valence electrons. The molecule has 2 unspecified atom stereocenters. The molecule has 1 heterocycles. The summed E-state index contributed by atoms with van der Waals surface area (Å²) < 4.78 is 28.8. The lowest BCUT2D eigenvalue weighted by Crippen LogP contribution is -2.20. The minimum atomic E-state index is -2.79. The van der Waals surface area contributed by atoms with E-state index in [0.29, 0.717) is 5.82 Å². The van der Waals surface area contributed by atoms with Gasteiger partial charge in [-0.25, -0.2) is 8.78 Å². The van der Waals surface area contributed by atoms with Crippen molar-refractivity contribution in [1.82, 2.24) is 10.1 Å². The van der Waals surface area contributed by atoms with Crippen molar-refractivity contribution in [2.75, 3.05) is 0 Å². The van der Waals surface area contributed by atoms with Crippen LogP contribution in [0.5, 0.6) is 0 Å². The van der Waals surface area contributed by atoms with Gasteiger partial charge in [-0.15, -0.1) is 0 Å². The van der Waals surface area contributed by atoms with Crippen molar-refractivity contribution in [2.24, 2.45) is 0 Å². The van der Waals surface area contributed by atoms with Gasteiger partial charge in [0, 0.05) is 5.92 Å². The molecule has 0 saturated carbocycles. The van der Waals surface area contributed by atoms with Crippen LogP contribution in [0.15, 0.2) is 4.52 Å². The molecular weight excluding hydrogens is 206 g/mol. The highest BCUT2D eigenvalue weighted by Gasteiger charge is 2.21. The fourth-order valence-corrected chi connectivity index (χ4v) is 1.00. The lowest BCUT2D eigenvalue weighted by atomic mass is 10.1. The van der Waals surface area contributed by atoms with Crippen molar-refractivity contribution in [3.8, 4) is 0 Å². The third-order valence-electron chi connectivity index (χ3n) is 2.21. The van der Waals surface area contributed by atoms with Crippen LogP contribution in [0.1, 0.15) is 37.9 Å². The van der Waals surface area contributed by atoms with Gasteiger partial charge in [-0.1, -0.05) is 19.0 Å². The molecule has 4 nitrogen and oxygen atoms in total. The van der Waals surface area contributed by atoms with Gasteiger partial charge >= 0.3 is 0 Å². The van der Waals surface area contributed by atoms with E-state index < -0.39 is 12.5 Å². The number of nitrogens with zero attached hydrogens (tertiary/aromatic N) is 2. The van der Waals surface area contributed by atoms with E-state index in [1.54, 1.807) is 0 Å². The Balaban J connectivity index is 2.60. The summed E-state index contributed by atoms with van der Waals surface area (Å²) in [4.78, 5) is 3.93. The van der Waals surface area contributed by atoms with Gasteiger partial charge in [0.25, 0.3) is 6.43 Å². The van der Waals surface area contributed by atoms with E-state index in [1.165, 1.54) is 0 Å². The summed E-state index contributed by atoms with van der Waals surface area (Å²) in [5, 5.41) is 12.6. The van der Waals surface area contributed by atoms with Crippen LogP contribution in [0.25, 0.3) is 0 Å². The summed E-state index contributed by atoms with van der Waals surface area (Å²) >= 11 is 0. The Morgan fingerprint density at radius 2 is 2.13 bits per heavy atom. The number of hydrogen-bond donors (Lipinski definition) is 1. The van der Waals surface area contributed by atoms with Crippen LogP contribution < -0.4 is 0 Å². The van der Waals surface area contributed by atoms with Crippen LogP contribution in [0, 0.1) is 0 Å². The lowest BCUT2D eigenvalue weighted by Gasteiger charge is -2.04. The highest BCUT2D eigenvalue weighted by Crippen LogP contribution is 2.16. The fraction of sp³-hybridized carbons (Fsp3) is 0.778. The first-order chi connectivity index (χ1) is 7.04. The summed E-state index contributed by atoms with van der Waals surface area (Å²) in [7, 11) is 0. The second-order valence-corrected chi connectivity index (χ2v) is 3.46. The average molecular weight is 220 g/mol. The molecule has 2 atom stereocenters. The first-order valence-electron chi connectivity index (χ1n) is 4.83. The van der Waals surface area contributed by atoms with Crippen molar-refractivity contribution >= 4 is 0 Å². The van der Waals surface area contributed by atoms with Crippen molar-refractivity contribution < 1.29 is 18.4 Å². The summed E-state index contributed by atoms with van der Waals surface area (Å²) in [5.74, 6) is 0.679. The molecular formula is C9H14F2N2O2. The zero-order chi connectivity index (χ0) is 11.4. The van der Waals surface area contributed by atoms with Gasteiger partial charge in [-0.2, -0.15) is 4.98 Å². The molecule has 1 rings (SSSR count). The predicted molar refractivity (Wildman–Crippen MR) is 48.7 cm³/mol. The Morgan fingerprint density at radius 3 is 2.67 bits per heavy atom. The van der Waals surface area contributed by atoms with E-state index in [4.69, 9.17) is 9.63 Å². The number of hydrogen-bond acceptors (Lipinski definition) is 4. The number of aliphatic hydroxyl groups excluding tert-OH is 1. The maximum absolute atomic E-state index is 12.0. The Kier molecular flexibility index (Phi) is 4.14. The lowest BCUT2D eigenvalue weighted by molar-refractivity contribution is -0.00754. The van der Waals surface area contributed by atoms with Gasteiger partial charge in [0.15, 0.2) is 5.82 Å². The van der Waals surface area contributed by atoms with Crippen molar-refractivity contribution in [1.29, 1.82) is 0 Å². The highest BCUT2D eigenvalue weighted by atomic mass is 19.3. The van der Waals surface area contributed by atoms with E-state index in [2.05, 4.69) is 10.1 Å². The maximum Gasteiger partial charge on any atom is 0.264 e. The molecule has 0 spiro atoms. The van der Waals surface area contributed by atoms with E-state index in [-0.39, 0.29) is 18.2 Å². The number of rotatable bonds is 5. The molecule has 6 heteroatoms. The van der Waals surface area contributed by atoms with Gasteiger partial charge in [0.2, 0.25) is 5.89 Å². The maximum atomic E-state index is 12.0. The molecule has 0 fully saturated rings. The number of aromatic nitrogens is 2. The van der Waals surface area contributed by atoms with Crippen LogP contribution >= 0.6 is 0 Å². The molecule has 0 aliphatic rings. The van der Waals surface area contributed by atoms with Crippen LogP contribution in [-0.2, 0) is 6.42 Å². The molecule has 0 aliphatic carbocycles. The van der Waals surface area contributed by atoms with Crippen molar-refractivity contribution in [3.63, 3.8) is 0 Å². The SMILES string of the molecule is CCC(C)c1noc(CC(O)C(F)F)n1. The minimum absolute atomic E-state index is 0.0538. The molecule has 0 bridgehead atoms. The molecule has 0 amide bonds. The zero-order valence-electron chi connectivity index (χ0n) is 8.65. The van der Waals surface area contributed by atoms with E-state index in [0.717, 1.165) is 6.42 Å². The van der Waals surface area contributed by atoms with Gasteiger partial charge in [0.1, 0.15) is 6.10 Å². The number of halogens is 2. The summed E-state index contributed by atoms with van der Waals surface area (Å²) in [5.41, 5.74) is 0. The third-order valence-corrected chi connectivity index (χ3v) is 2.21.